The van der Waals surface area contributed by atoms with Crippen LogP contribution < -0.4 is 4.90 Å². The molecule has 1 amide bonds. The van der Waals surface area contributed by atoms with Gasteiger partial charge in [-0.3, -0.25) is 4.79 Å². The molecule has 2 aliphatic rings. The Morgan fingerprint density at radius 1 is 1.06 bits per heavy atom. The second-order valence-electron chi connectivity index (χ2n) is 8.76. The molecule has 0 aliphatic carbocycles. The summed E-state index contributed by atoms with van der Waals surface area (Å²) >= 11 is 0. The van der Waals surface area contributed by atoms with Gasteiger partial charge in [0, 0.05) is 51.3 Å². The van der Waals surface area contributed by atoms with Crippen LogP contribution in [-0.4, -0.2) is 46.5 Å². The molecule has 0 spiro atoms. The number of aryl methyl sites for hydroxylation is 2. The predicted molar refractivity (Wildman–Crippen MR) is 124 cm³/mol. The number of anilines is 1. The number of nitrogens with zero attached hydrogens (tertiary/aromatic N) is 4. The molecule has 166 valence electrons. The normalized spacial score (nSPS) is 18.5. The molecule has 32 heavy (non-hydrogen) atoms. The lowest BCUT2D eigenvalue weighted by Gasteiger charge is -2.35. The predicted octanol–water partition coefficient (Wildman–Crippen LogP) is 4.28. The van der Waals surface area contributed by atoms with Crippen LogP contribution in [0, 0.1) is 5.82 Å². The average molecular weight is 433 g/mol. The number of rotatable bonds is 4. The Kier molecular flexibility index (Phi) is 5.68. The third kappa shape index (κ3) is 4.01. The van der Waals surface area contributed by atoms with Crippen LogP contribution in [0.5, 0.6) is 0 Å². The van der Waals surface area contributed by atoms with Crippen molar-refractivity contribution in [2.24, 2.45) is 0 Å². The standard InChI is InChI=1S/C26H29FN4O/c1-2-19-7-9-20(10-8-19)21-11-12-25-28-23(18-31(25)17-21)26(32)30-15-13-29(14-16-30)24-6-4-3-5-22(24)27/h3-10,18,21H,2,11-17H2,1H3. The summed E-state index contributed by atoms with van der Waals surface area (Å²) in [5.41, 5.74) is 3.85. The Morgan fingerprint density at radius 2 is 1.81 bits per heavy atom. The highest BCUT2D eigenvalue weighted by molar-refractivity contribution is 5.92. The van der Waals surface area contributed by atoms with Gasteiger partial charge in [0.15, 0.2) is 0 Å². The van der Waals surface area contributed by atoms with Gasteiger partial charge in [-0.2, -0.15) is 0 Å². The molecule has 6 heteroatoms. The summed E-state index contributed by atoms with van der Waals surface area (Å²) in [4.78, 5) is 21.6. The first kappa shape index (κ1) is 20.7. The van der Waals surface area contributed by atoms with Crippen LogP contribution >= 0.6 is 0 Å². The van der Waals surface area contributed by atoms with E-state index < -0.39 is 0 Å². The number of imidazole rings is 1. The van der Waals surface area contributed by atoms with E-state index in [0.717, 1.165) is 31.6 Å². The van der Waals surface area contributed by atoms with Gasteiger partial charge in [0.25, 0.3) is 5.91 Å². The Labute approximate surface area is 188 Å². The van der Waals surface area contributed by atoms with E-state index in [2.05, 4.69) is 40.7 Å². The van der Waals surface area contributed by atoms with Crippen LogP contribution in [-0.2, 0) is 19.4 Å². The van der Waals surface area contributed by atoms with E-state index >= 15 is 0 Å². The molecule has 1 unspecified atom stereocenters. The van der Waals surface area contributed by atoms with Crippen molar-refractivity contribution in [2.45, 2.75) is 38.6 Å². The average Bonchev–Trinajstić information content (AvgIpc) is 3.27. The number of hydrogen-bond acceptors (Lipinski definition) is 3. The number of aromatic nitrogens is 2. The molecule has 2 aromatic carbocycles. The topological polar surface area (TPSA) is 41.4 Å². The van der Waals surface area contributed by atoms with Crippen LogP contribution in [0.25, 0.3) is 0 Å². The number of hydrogen-bond donors (Lipinski definition) is 0. The second kappa shape index (κ2) is 8.77. The lowest BCUT2D eigenvalue weighted by molar-refractivity contribution is 0.0741. The summed E-state index contributed by atoms with van der Waals surface area (Å²) in [6.45, 7) is 5.42. The number of piperazine rings is 1. The maximum Gasteiger partial charge on any atom is 0.274 e. The third-order valence-electron chi connectivity index (χ3n) is 6.83. The minimum absolute atomic E-state index is 0.0241. The molecular weight excluding hydrogens is 403 g/mol. The van der Waals surface area contributed by atoms with Crippen LogP contribution in [0.2, 0.25) is 0 Å². The van der Waals surface area contributed by atoms with Crippen LogP contribution in [0.15, 0.2) is 54.7 Å². The fourth-order valence-corrected chi connectivity index (χ4v) is 4.87. The van der Waals surface area contributed by atoms with E-state index in [1.54, 1.807) is 12.1 Å². The van der Waals surface area contributed by atoms with E-state index in [1.807, 2.05) is 22.1 Å². The molecule has 1 atom stereocenters. The van der Waals surface area contributed by atoms with Crippen LogP contribution in [0.3, 0.4) is 0 Å². The first-order chi connectivity index (χ1) is 15.6. The number of halogens is 1. The monoisotopic (exact) mass is 432 g/mol. The fourth-order valence-electron chi connectivity index (χ4n) is 4.87. The number of carbonyl (C=O) groups is 1. The Bertz CT molecular complexity index is 1100. The van der Waals surface area contributed by atoms with E-state index in [1.165, 1.54) is 17.2 Å². The number of para-hydroxylation sites is 1. The molecule has 5 rings (SSSR count). The first-order valence-electron chi connectivity index (χ1n) is 11.6. The van der Waals surface area contributed by atoms with Gasteiger partial charge in [-0.25, -0.2) is 9.37 Å². The minimum Gasteiger partial charge on any atom is -0.366 e. The quantitative estimate of drug-likeness (QED) is 0.618. The van der Waals surface area contributed by atoms with Gasteiger partial charge in [-0.15, -0.1) is 0 Å². The molecule has 0 N–H and O–H groups in total. The lowest BCUT2D eigenvalue weighted by atomic mass is 9.91. The molecule has 0 radical (unpaired) electrons. The van der Waals surface area contributed by atoms with Gasteiger partial charge in [0.1, 0.15) is 17.3 Å². The van der Waals surface area contributed by atoms with Crippen molar-refractivity contribution in [1.82, 2.24) is 14.5 Å². The van der Waals surface area contributed by atoms with E-state index in [9.17, 15) is 9.18 Å². The van der Waals surface area contributed by atoms with Crippen molar-refractivity contribution in [3.8, 4) is 0 Å². The molecule has 1 fully saturated rings. The molecule has 1 aromatic heterocycles. The molecule has 2 aliphatic heterocycles. The van der Waals surface area contributed by atoms with E-state index in [0.29, 0.717) is 43.5 Å². The lowest BCUT2D eigenvalue weighted by Crippen LogP contribution is -2.49. The Hall–Kier alpha value is -3.15. The van der Waals surface area contributed by atoms with Crippen molar-refractivity contribution in [2.75, 3.05) is 31.1 Å². The first-order valence-corrected chi connectivity index (χ1v) is 11.6. The van der Waals surface area contributed by atoms with Gasteiger partial charge in [-0.1, -0.05) is 43.3 Å². The summed E-state index contributed by atoms with van der Waals surface area (Å²) in [5.74, 6) is 1.21. The molecule has 0 bridgehead atoms. The van der Waals surface area contributed by atoms with Crippen LogP contribution in [0.1, 0.15) is 46.7 Å². The summed E-state index contributed by atoms with van der Waals surface area (Å²) in [7, 11) is 0. The zero-order valence-corrected chi connectivity index (χ0v) is 18.5. The van der Waals surface area contributed by atoms with Crippen molar-refractivity contribution in [3.63, 3.8) is 0 Å². The van der Waals surface area contributed by atoms with Crippen molar-refractivity contribution in [3.05, 3.63) is 83.2 Å². The van der Waals surface area contributed by atoms with Crippen molar-refractivity contribution in [1.29, 1.82) is 0 Å². The smallest absolute Gasteiger partial charge is 0.274 e. The minimum atomic E-state index is -0.215. The van der Waals surface area contributed by atoms with Crippen molar-refractivity contribution < 1.29 is 9.18 Å². The van der Waals surface area contributed by atoms with E-state index in [-0.39, 0.29) is 11.7 Å². The third-order valence-corrected chi connectivity index (χ3v) is 6.83. The highest BCUT2D eigenvalue weighted by Crippen LogP contribution is 2.29. The summed E-state index contributed by atoms with van der Waals surface area (Å²) in [6, 6.07) is 15.7. The van der Waals surface area contributed by atoms with E-state index in [4.69, 9.17) is 0 Å². The molecule has 1 saturated heterocycles. The second-order valence-corrected chi connectivity index (χ2v) is 8.76. The molecule has 0 saturated carbocycles. The van der Waals surface area contributed by atoms with Gasteiger partial charge >= 0.3 is 0 Å². The molecular formula is C26H29FN4O. The number of benzene rings is 2. The summed E-state index contributed by atoms with van der Waals surface area (Å²) in [5, 5.41) is 0. The van der Waals surface area contributed by atoms with Crippen molar-refractivity contribution >= 4 is 11.6 Å². The highest BCUT2D eigenvalue weighted by atomic mass is 19.1. The van der Waals surface area contributed by atoms with Gasteiger partial charge in [0.05, 0.1) is 5.69 Å². The van der Waals surface area contributed by atoms with Gasteiger partial charge in [0.2, 0.25) is 0 Å². The summed E-state index contributed by atoms with van der Waals surface area (Å²) < 4.78 is 16.2. The zero-order chi connectivity index (χ0) is 22.1. The fraction of sp³-hybridized carbons (Fsp3) is 0.385. The number of amides is 1. The largest absolute Gasteiger partial charge is 0.366 e. The number of fused-ring (bicyclic) bond motifs is 1. The molecule has 5 nitrogen and oxygen atoms in total. The SMILES string of the molecule is CCc1ccc(C2CCc3nc(C(=O)N4CCN(c5ccccc5F)CC4)cn3C2)cc1. The van der Waals surface area contributed by atoms with Gasteiger partial charge in [-0.05, 0) is 36.1 Å². The zero-order valence-electron chi connectivity index (χ0n) is 18.5. The maximum absolute atomic E-state index is 14.1. The Morgan fingerprint density at radius 3 is 2.53 bits per heavy atom. The Balaban J connectivity index is 1.24. The molecule has 3 heterocycles. The summed E-state index contributed by atoms with van der Waals surface area (Å²) in [6.07, 6.45) is 4.91. The van der Waals surface area contributed by atoms with Crippen LogP contribution in [0.4, 0.5) is 10.1 Å². The maximum atomic E-state index is 14.1. The van der Waals surface area contributed by atoms with Gasteiger partial charge < -0.3 is 14.4 Å². The highest BCUT2D eigenvalue weighted by Gasteiger charge is 2.28. The number of carbonyl (C=O) groups excluding carboxylic acids is 1. The molecule has 3 aromatic rings.